The molecule has 0 spiro atoms. The Labute approximate surface area is 171 Å². The molecule has 2 aromatic carbocycles. The van der Waals surface area contributed by atoms with Crippen molar-refractivity contribution in [1.82, 2.24) is 19.5 Å². The second kappa shape index (κ2) is 8.05. The summed E-state index contributed by atoms with van der Waals surface area (Å²) >= 11 is 0. The number of fused-ring (bicyclic) bond motifs is 2. The molecule has 0 unspecified atom stereocenters. The maximum atomic E-state index is 12.2. The number of nitrogens with one attached hydrogen (secondary N) is 1. The highest BCUT2D eigenvalue weighted by Crippen LogP contribution is 2.37. The lowest BCUT2D eigenvalue weighted by atomic mass is 10.2. The number of aromatic nitrogens is 4. The molecule has 0 saturated heterocycles. The lowest BCUT2D eigenvalue weighted by Crippen LogP contribution is -2.29. The number of nitro benzene ring substituents is 1. The first-order valence-electron chi connectivity index (χ1n) is 8.47. The average molecular weight is 427 g/mol. The minimum Gasteiger partial charge on any atom is -0.321 e. The number of benzene rings is 2. The van der Waals surface area contributed by atoms with Gasteiger partial charge < -0.3 is 4.57 Å². The number of nitrogens with zero attached hydrogens (tertiary/aromatic N) is 4. The van der Waals surface area contributed by atoms with Gasteiger partial charge in [-0.15, -0.1) is 0 Å². The number of para-hydroxylation sites is 3. The summed E-state index contributed by atoms with van der Waals surface area (Å²) in [7, 11) is 2.75. The Balaban J connectivity index is 1.63. The van der Waals surface area contributed by atoms with Gasteiger partial charge in [0.2, 0.25) is 0 Å². The van der Waals surface area contributed by atoms with Crippen LogP contribution in [0.4, 0.5) is 5.69 Å². The summed E-state index contributed by atoms with van der Waals surface area (Å²) in [6.45, 7) is 0.438. The third-order valence-electron chi connectivity index (χ3n) is 4.12. The Morgan fingerprint density at radius 2 is 1.83 bits per heavy atom. The number of aromatic amines is 1. The first-order valence-corrected chi connectivity index (χ1v) is 10.8. The summed E-state index contributed by atoms with van der Waals surface area (Å²) in [6, 6.07) is 13.8. The topological polar surface area (TPSA) is 124 Å². The van der Waals surface area contributed by atoms with Gasteiger partial charge in [-0.2, -0.15) is 4.98 Å². The standard InChI is InChI=1S/C18H13N5O4S2/c24-17-15-16(20-18(25)21-17)22(12-6-2-1-5-11(12)19-15)9-10-28-29-14-8-4-3-7-13(14)23(26)27/h1-8H,9-10H2,(H,21,24,25). The van der Waals surface area contributed by atoms with E-state index in [0.717, 1.165) is 5.52 Å². The van der Waals surface area contributed by atoms with Crippen LogP contribution in [0.25, 0.3) is 22.6 Å². The maximum Gasteiger partial charge on any atom is 0.349 e. The molecule has 0 fully saturated rings. The van der Waals surface area contributed by atoms with Gasteiger partial charge in [-0.25, -0.2) is 9.78 Å². The minimum absolute atomic E-state index is 0.0571. The van der Waals surface area contributed by atoms with E-state index in [1.54, 1.807) is 28.8 Å². The van der Waals surface area contributed by atoms with Gasteiger partial charge in [0.1, 0.15) is 0 Å². The zero-order chi connectivity index (χ0) is 20.4. The molecule has 0 bridgehead atoms. The number of hydrogen-bond acceptors (Lipinski definition) is 8. The van der Waals surface area contributed by atoms with Gasteiger partial charge in [-0.3, -0.25) is 19.9 Å². The fourth-order valence-electron chi connectivity index (χ4n) is 2.88. The van der Waals surface area contributed by atoms with Crippen LogP contribution in [0.2, 0.25) is 0 Å². The molecule has 11 heteroatoms. The molecule has 0 atom stereocenters. The molecule has 2 aliphatic rings. The monoisotopic (exact) mass is 427 g/mol. The molecule has 0 amide bonds. The Morgan fingerprint density at radius 1 is 1.07 bits per heavy atom. The van der Waals surface area contributed by atoms with Gasteiger partial charge in [0.05, 0.1) is 20.9 Å². The summed E-state index contributed by atoms with van der Waals surface area (Å²) in [5, 5.41) is 11.1. The third kappa shape index (κ3) is 3.87. The molecular weight excluding hydrogens is 414 g/mol. The van der Waals surface area contributed by atoms with E-state index >= 15 is 0 Å². The quantitative estimate of drug-likeness (QED) is 0.164. The zero-order valence-electron chi connectivity index (χ0n) is 14.8. The third-order valence-corrected chi connectivity index (χ3v) is 6.51. The van der Waals surface area contributed by atoms with Crippen LogP contribution >= 0.6 is 21.6 Å². The van der Waals surface area contributed by atoms with E-state index in [1.807, 2.05) is 18.2 Å². The molecule has 0 aliphatic carbocycles. The van der Waals surface area contributed by atoms with Crippen LogP contribution in [0.1, 0.15) is 0 Å². The molecular formula is C18H13N5O4S2. The van der Waals surface area contributed by atoms with E-state index in [0.29, 0.717) is 22.7 Å². The van der Waals surface area contributed by atoms with Crippen LogP contribution in [0.15, 0.2) is 63.0 Å². The van der Waals surface area contributed by atoms with Crippen LogP contribution in [0.3, 0.4) is 0 Å². The maximum absolute atomic E-state index is 12.2. The van der Waals surface area contributed by atoms with Crippen molar-refractivity contribution in [3.63, 3.8) is 0 Å². The van der Waals surface area contributed by atoms with Crippen molar-refractivity contribution in [2.24, 2.45) is 0 Å². The van der Waals surface area contributed by atoms with Crippen LogP contribution in [0.5, 0.6) is 0 Å². The predicted molar refractivity (Wildman–Crippen MR) is 112 cm³/mol. The molecule has 2 aromatic rings. The smallest absolute Gasteiger partial charge is 0.321 e. The number of nitro groups is 1. The Morgan fingerprint density at radius 3 is 2.66 bits per heavy atom. The summed E-state index contributed by atoms with van der Waals surface area (Å²) in [5.41, 5.74) is 0.203. The van der Waals surface area contributed by atoms with E-state index < -0.39 is 16.2 Å². The highest BCUT2D eigenvalue weighted by molar-refractivity contribution is 8.76. The van der Waals surface area contributed by atoms with Crippen molar-refractivity contribution in [2.75, 3.05) is 5.75 Å². The molecule has 4 rings (SSSR count). The van der Waals surface area contributed by atoms with Crippen LogP contribution in [0, 0.1) is 10.1 Å². The summed E-state index contributed by atoms with van der Waals surface area (Å²) in [4.78, 5) is 45.6. The van der Waals surface area contributed by atoms with Crippen molar-refractivity contribution in [2.45, 2.75) is 11.4 Å². The zero-order valence-corrected chi connectivity index (χ0v) is 16.4. The predicted octanol–water partition coefficient (Wildman–Crippen LogP) is 2.93. The van der Waals surface area contributed by atoms with Crippen LogP contribution < -0.4 is 11.2 Å². The average Bonchev–Trinajstić information content (AvgIpc) is 2.71. The second-order valence-electron chi connectivity index (χ2n) is 5.93. The van der Waals surface area contributed by atoms with Crippen molar-refractivity contribution in [3.05, 3.63) is 79.5 Å². The summed E-state index contributed by atoms with van der Waals surface area (Å²) < 4.78 is 1.78. The molecule has 9 nitrogen and oxygen atoms in total. The van der Waals surface area contributed by atoms with Gasteiger partial charge in [-0.1, -0.05) is 45.9 Å². The summed E-state index contributed by atoms with van der Waals surface area (Å²) in [5.74, 6) is 0.779. The highest BCUT2D eigenvalue weighted by Gasteiger charge is 2.18. The number of hydrogen-bond donors (Lipinski definition) is 1. The van der Waals surface area contributed by atoms with Crippen molar-refractivity contribution >= 4 is 38.3 Å². The van der Waals surface area contributed by atoms with Crippen LogP contribution in [-0.4, -0.2) is 30.2 Å². The van der Waals surface area contributed by atoms with E-state index in [1.165, 1.54) is 27.7 Å². The fraction of sp³-hybridized carbons (Fsp3) is 0.111. The summed E-state index contributed by atoms with van der Waals surface area (Å²) in [6.07, 6.45) is 0. The van der Waals surface area contributed by atoms with E-state index in [4.69, 9.17) is 0 Å². The van der Waals surface area contributed by atoms with E-state index in [9.17, 15) is 19.7 Å². The van der Waals surface area contributed by atoms with Crippen molar-refractivity contribution in [3.8, 4) is 11.5 Å². The normalized spacial score (nSPS) is 11.2. The largest absolute Gasteiger partial charge is 0.349 e. The Kier molecular flexibility index (Phi) is 5.32. The molecule has 146 valence electrons. The van der Waals surface area contributed by atoms with Gasteiger partial charge in [0, 0.05) is 18.4 Å². The Hall–Kier alpha value is -3.18. The molecule has 2 aliphatic heterocycles. The number of H-pyrrole nitrogens is 1. The van der Waals surface area contributed by atoms with Crippen LogP contribution in [-0.2, 0) is 6.54 Å². The van der Waals surface area contributed by atoms with Gasteiger partial charge >= 0.3 is 5.69 Å². The molecule has 0 saturated carbocycles. The van der Waals surface area contributed by atoms with E-state index in [-0.39, 0.29) is 17.2 Å². The van der Waals surface area contributed by atoms with E-state index in [2.05, 4.69) is 15.0 Å². The fourth-order valence-corrected chi connectivity index (χ4v) is 4.99. The molecule has 0 radical (unpaired) electrons. The highest BCUT2D eigenvalue weighted by atomic mass is 33.1. The second-order valence-corrected chi connectivity index (χ2v) is 8.38. The molecule has 2 heterocycles. The van der Waals surface area contributed by atoms with Crippen molar-refractivity contribution < 1.29 is 4.92 Å². The first kappa shape index (κ1) is 19.2. The van der Waals surface area contributed by atoms with Gasteiger partial charge in [0.15, 0.2) is 11.5 Å². The number of aryl methyl sites for hydroxylation is 1. The van der Waals surface area contributed by atoms with Gasteiger partial charge in [-0.05, 0) is 18.2 Å². The molecule has 1 N–H and O–H groups in total. The van der Waals surface area contributed by atoms with Gasteiger partial charge in [0.25, 0.3) is 11.2 Å². The molecule has 29 heavy (non-hydrogen) atoms. The minimum atomic E-state index is -0.727. The molecule has 0 aromatic heterocycles. The number of rotatable bonds is 6. The SMILES string of the molecule is O=c1nc2n(CCSSc3ccccc3[N+](=O)[O-])c3ccccc3nc-2c(=O)[nH]1. The lowest BCUT2D eigenvalue weighted by Gasteiger charge is -2.16. The first-order chi connectivity index (χ1) is 14.0. The lowest BCUT2D eigenvalue weighted by molar-refractivity contribution is -0.387. The Bertz CT molecular complexity index is 1300. The van der Waals surface area contributed by atoms with Crippen molar-refractivity contribution in [1.29, 1.82) is 0 Å².